The van der Waals surface area contributed by atoms with E-state index in [9.17, 15) is 5.11 Å². The molecule has 1 nitrogen and oxygen atoms in total. The molecule has 0 heterocycles. The maximum Gasteiger partial charge on any atom is 1.00 e. The molecule has 0 unspecified atom stereocenters. The minimum atomic E-state index is 0. The van der Waals surface area contributed by atoms with E-state index in [0.717, 1.165) is 11.1 Å². The maximum absolute atomic E-state index is 11.8. The van der Waals surface area contributed by atoms with Crippen molar-refractivity contribution in [2.45, 2.75) is 0 Å². The average Bonchev–Trinajstić information content (AvgIpc) is 2.31. The van der Waals surface area contributed by atoms with Crippen LogP contribution in [0.2, 0.25) is 0 Å². The van der Waals surface area contributed by atoms with Gasteiger partial charge in [-0.15, -0.1) is 5.76 Å². The summed E-state index contributed by atoms with van der Waals surface area (Å²) in [7, 11) is 0. The zero-order valence-corrected chi connectivity index (χ0v) is 12.4. The van der Waals surface area contributed by atoms with Crippen LogP contribution in [0, 0.1) is 0 Å². The second-order valence-electron chi connectivity index (χ2n) is 3.29. The Balaban J connectivity index is 0.00000128. The molecule has 0 saturated carbocycles. The Hall–Kier alpha value is -0.384. The standard InChI is InChI=1S/C14H12O.K/c15-14(13-9-5-2-6-10-13)11-12-7-3-1-4-8-12;/h1-11,15H;/q;+1/p-1/b14-11-;. The van der Waals surface area contributed by atoms with E-state index in [1.807, 2.05) is 60.7 Å². The molecular formula is C14H11KO. The van der Waals surface area contributed by atoms with E-state index in [2.05, 4.69) is 0 Å². The third-order valence-electron chi connectivity index (χ3n) is 2.16. The average molecular weight is 234 g/mol. The van der Waals surface area contributed by atoms with Gasteiger partial charge in [0.1, 0.15) is 0 Å². The number of rotatable bonds is 2. The molecule has 0 aliphatic rings. The molecule has 0 saturated heterocycles. The molecule has 0 radical (unpaired) electrons. The van der Waals surface area contributed by atoms with Crippen molar-refractivity contribution in [3.05, 3.63) is 71.8 Å². The largest absolute Gasteiger partial charge is 1.00 e. The van der Waals surface area contributed by atoms with Crippen molar-refractivity contribution in [1.29, 1.82) is 0 Å². The Morgan fingerprint density at radius 2 is 1.31 bits per heavy atom. The van der Waals surface area contributed by atoms with Crippen LogP contribution in [0.1, 0.15) is 11.1 Å². The molecule has 0 aliphatic carbocycles. The first-order chi connectivity index (χ1) is 7.36. The zero-order valence-electron chi connectivity index (χ0n) is 9.26. The summed E-state index contributed by atoms with van der Waals surface area (Å²) in [4.78, 5) is 0. The van der Waals surface area contributed by atoms with Gasteiger partial charge < -0.3 is 5.11 Å². The molecule has 0 aromatic heterocycles. The number of hydrogen-bond donors (Lipinski definition) is 0. The van der Waals surface area contributed by atoms with Gasteiger partial charge in [-0.2, -0.15) is 0 Å². The molecule has 16 heavy (non-hydrogen) atoms. The summed E-state index contributed by atoms with van der Waals surface area (Å²) in [6, 6.07) is 18.9. The topological polar surface area (TPSA) is 23.1 Å². The van der Waals surface area contributed by atoms with E-state index in [1.54, 1.807) is 6.08 Å². The predicted octanol–water partition coefficient (Wildman–Crippen LogP) is -0.451. The Bertz CT molecular complexity index is 449. The molecule has 74 valence electrons. The fourth-order valence-electron chi connectivity index (χ4n) is 1.39. The molecule has 2 aromatic carbocycles. The van der Waals surface area contributed by atoms with Crippen molar-refractivity contribution < 1.29 is 56.5 Å². The quantitative estimate of drug-likeness (QED) is 0.392. The monoisotopic (exact) mass is 234 g/mol. The van der Waals surface area contributed by atoms with Gasteiger partial charge in [0.05, 0.1) is 0 Å². The molecule has 2 rings (SSSR count). The van der Waals surface area contributed by atoms with Crippen LogP contribution in [-0.4, -0.2) is 0 Å². The van der Waals surface area contributed by atoms with Gasteiger partial charge in [-0.1, -0.05) is 66.7 Å². The van der Waals surface area contributed by atoms with Crippen molar-refractivity contribution in [3.8, 4) is 0 Å². The molecule has 0 bridgehead atoms. The fourth-order valence-corrected chi connectivity index (χ4v) is 1.39. The third-order valence-corrected chi connectivity index (χ3v) is 2.16. The van der Waals surface area contributed by atoms with Gasteiger partial charge in [-0.25, -0.2) is 0 Å². The van der Waals surface area contributed by atoms with E-state index in [4.69, 9.17) is 0 Å². The van der Waals surface area contributed by atoms with Crippen molar-refractivity contribution >= 4 is 11.8 Å². The molecule has 0 spiro atoms. The van der Waals surface area contributed by atoms with Gasteiger partial charge in [0, 0.05) is 0 Å². The van der Waals surface area contributed by atoms with Crippen LogP contribution in [0.15, 0.2) is 60.7 Å². The van der Waals surface area contributed by atoms with Gasteiger partial charge in [0.25, 0.3) is 0 Å². The molecular weight excluding hydrogens is 223 g/mol. The van der Waals surface area contributed by atoms with Crippen LogP contribution in [-0.2, 0) is 0 Å². The molecule has 0 fully saturated rings. The van der Waals surface area contributed by atoms with Crippen LogP contribution in [0.5, 0.6) is 0 Å². The van der Waals surface area contributed by atoms with Gasteiger partial charge in [0.15, 0.2) is 0 Å². The third kappa shape index (κ3) is 3.89. The molecule has 2 aromatic rings. The zero-order chi connectivity index (χ0) is 10.5. The van der Waals surface area contributed by atoms with Crippen LogP contribution < -0.4 is 56.5 Å². The molecule has 0 N–H and O–H groups in total. The smallest absolute Gasteiger partial charge is 0.872 e. The fraction of sp³-hybridized carbons (Fsp3) is 0. The summed E-state index contributed by atoms with van der Waals surface area (Å²) in [6.07, 6.45) is 1.65. The summed E-state index contributed by atoms with van der Waals surface area (Å²) >= 11 is 0. The normalized spacial score (nSPS) is 10.6. The first kappa shape index (κ1) is 13.7. The molecule has 0 amide bonds. The SMILES string of the molecule is [K+].[O-]/C(=C\c1ccccc1)c1ccccc1. The maximum atomic E-state index is 11.8. The van der Waals surface area contributed by atoms with E-state index in [0.29, 0.717) is 0 Å². The van der Waals surface area contributed by atoms with Crippen molar-refractivity contribution in [2.75, 3.05) is 0 Å². The second-order valence-corrected chi connectivity index (χ2v) is 3.29. The van der Waals surface area contributed by atoms with Crippen LogP contribution in [0.3, 0.4) is 0 Å². The molecule has 2 heteroatoms. The van der Waals surface area contributed by atoms with E-state index >= 15 is 0 Å². The van der Waals surface area contributed by atoms with Gasteiger partial charge in [-0.3, -0.25) is 0 Å². The Kier molecular flexibility index (Phi) is 6.02. The molecule has 0 aliphatic heterocycles. The predicted molar refractivity (Wildman–Crippen MR) is 60.8 cm³/mol. The Labute approximate surface area is 138 Å². The van der Waals surface area contributed by atoms with Crippen LogP contribution >= 0.6 is 0 Å². The van der Waals surface area contributed by atoms with Crippen molar-refractivity contribution in [3.63, 3.8) is 0 Å². The van der Waals surface area contributed by atoms with Crippen LogP contribution in [0.25, 0.3) is 11.8 Å². The summed E-state index contributed by atoms with van der Waals surface area (Å²) < 4.78 is 0. The second kappa shape index (κ2) is 7.04. The van der Waals surface area contributed by atoms with E-state index in [-0.39, 0.29) is 57.1 Å². The number of benzene rings is 2. The van der Waals surface area contributed by atoms with Gasteiger partial charge >= 0.3 is 51.4 Å². The summed E-state index contributed by atoms with van der Waals surface area (Å²) in [5.74, 6) is 0.0433. The van der Waals surface area contributed by atoms with Gasteiger partial charge in [-0.05, 0) is 11.1 Å². The first-order valence-corrected chi connectivity index (χ1v) is 4.85. The minimum absolute atomic E-state index is 0. The summed E-state index contributed by atoms with van der Waals surface area (Å²) in [6.45, 7) is 0. The van der Waals surface area contributed by atoms with E-state index in [1.165, 1.54) is 0 Å². The first-order valence-electron chi connectivity index (χ1n) is 4.85. The van der Waals surface area contributed by atoms with Crippen molar-refractivity contribution in [1.82, 2.24) is 0 Å². The Morgan fingerprint density at radius 1 is 0.812 bits per heavy atom. The van der Waals surface area contributed by atoms with E-state index < -0.39 is 0 Å². The van der Waals surface area contributed by atoms with Crippen LogP contribution in [0.4, 0.5) is 0 Å². The molecule has 0 atom stereocenters. The van der Waals surface area contributed by atoms with Crippen molar-refractivity contribution in [2.24, 2.45) is 0 Å². The number of hydrogen-bond acceptors (Lipinski definition) is 1. The summed E-state index contributed by atoms with van der Waals surface area (Å²) in [5, 5.41) is 11.8. The minimum Gasteiger partial charge on any atom is -0.872 e. The van der Waals surface area contributed by atoms with Gasteiger partial charge in [0.2, 0.25) is 0 Å². The summed E-state index contributed by atoms with van der Waals surface area (Å²) in [5.41, 5.74) is 1.66. The Morgan fingerprint density at radius 3 is 1.88 bits per heavy atom.